The number of hydrogen-bond donors (Lipinski definition) is 1. The Morgan fingerprint density at radius 2 is 1.90 bits per heavy atom. The summed E-state index contributed by atoms with van der Waals surface area (Å²) in [5.74, 6) is 2.67. The number of aromatic nitrogens is 1. The van der Waals surface area contributed by atoms with Crippen LogP contribution < -0.4 is 4.74 Å². The van der Waals surface area contributed by atoms with E-state index in [-0.39, 0.29) is 5.92 Å². The van der Waals surface area contributed by atoms with Crippen LogP contribution in [0, 0.1) is 18.3 Å². The Kier molecular flexibility index (Phi) is 4.25. The lowest BCUT2D eigenvalue weighted by molar-refractivity contribution is -0.119. The highest BCUT2D eigenvalue weighted by Crippen LogP contribution is 2.68. The number of ether oxygens (including phenoxy) is 1. The summed E-state index contributed by atoms with van der Waals surface area (Å²) >= 11 is 9.69. The first-order valence-electron chi connectivity index (χ1n) is 9.35. The predicted octanol–water partition coefficient (Wildman–Crippen LogP) is 5.41. The van der Waals surface area contributed by atoms with Crippen LogP contribution >= 0.6 is 27.5 Å². The van der Waals surface area contributed by atoms with E-state index in [1.807, 2.05) is 42.5 Å². The SMILES string of the molecule is C#CC1C[C@@H](c2ccccc2)[C@]2(c3ccc(Br)cc3)Oc3cc(Cl)cnc3[C@]12O. The van der Waals surface area contributed by atoms with Gasteiger partial charge in [0.2, 0.25) is 0 Å². The molecule has 29 heavy (non-hydrogen) atoms. The second kappa shape index (κ2) is 6.60. The molecular formula is C24H17BrClNO2. The van der Waals surface area contributed by atoms with Crippen molar-refractivity contribution in [2.75, 3.05) is 0 Å². The van der Waals surface area contributed by atoms with Gasteiger partial charge < -0.3 is 9.84 Å². The molecule has 0 amide bonds. The topological polar surface area (TPSA) is 42.4 Å². The molecular weight excluding hydrogens is 450 g/mol. The van der Waals surface area contributed by atoms with E-state index in [4.69, 9.17) is 22.8 Å². The van der Waals surface area contributed by atoms with Crippen LogP contribution in [0.2, 0.25) is 5.02 Å². The first-order valence-corrected chi connectivity index (χ1v) is 10.5. The highest BCUT2D eigenvalue weighted by Gasteiger charge is 2.73. The maximum absolute atomic E-state index is 12.3. The van der Waals surface area contributed by atoms with Gasteiger partial charge in [-0.15, -0.1) is 6.42 Å². The third-order valence-electron chi connectivity index (χ3n) is 6.16. The smallest absolute Gasteiger partial charge is 0.176 e. The summed E-state index contributed by atoms with van der Waals surface area (Å²) in [7, 11) is 0. The molecule has 3 aromatic rings. The van der Waals surface area contributed by atoms with E-state index in [0.717, 1.165) is 15.6 Å². The number of rotatable bonds is 2. The number of aliphatic hydroxyl groups is 1. The Labute approximate surface area is 182 Å². The van der Waals surface area contributed by atoms with Gasteiger partial charge in [0.15, 0.2) is 11.2 Å². The molecule has 0 bridgehead atoms. The van der Waals surface area contributed by atoms with Crippen molar-refractivity contribution in [1.29, 1.82) is 0 Å². The molecule has 2 heterocycles. The standard InChI is InChI=1S/C24H17BrClNO2/c1-2-16-12-20(15-6-4-3-5-7-15)24(17-8-10-18(25)11-9-17)23(16,28)22-21(29-24)13-19(26)14-27-22/h1,3-11,13-14,16,20,28H,12H2/t16?,20-,23+,24-/m0/s1. The van der Waals surface area contributed by atoms with Gasteiger partial charge in [0.25, 0.3) is 0 Å². The molecule has 5 rings (SSSR count). The third kappa shape index (κ3) is 2.45. The molecule has 2 aliphatic rings. The van der Waals surface area contributed by atoms with Crippen molar-refractivity contribution >= 4 is 27.5 Å². The predicted molar refractivity (Wildman–Crippen MR) is 116 cm³/mol. The normalized spacial score (nSPS) is 29.6. The second-order valence-corrected chi connectivity index (χ2v) is 8.88. The van der Waals surface area contributed by atoms with Gasteiger partial charge in [-0.3, -0.25) is 4.98 Å². The Morgan fingerprint density at radius 3 is 2.59 bits per heavy atom. The van der Waals surface area contributed by atoms with Gasteiger partial charge in [0.05, 0.1) is 10.9 Å². The molecule has 5 heteroatoms. The molecule has 144 valence electrons. The van der Waals surface area contributed by atoms with E-state index in [1.54, 1.807) is 6.07 Å². The molecule has 1 aliphatic carbocycles. The Bertz CT molecular complexity index is 1130. The van der Waals surface area contributed by atoms with Crippen molar-refractivity contribution in [2.45, 2.75) is 23.5 Å². The third-order valence-corrected chi connectivity index (χ3v) is 6.90. The lowest BCUT2D eigenvalue weighted by Crippen LogP contribution is -2.50. The van der Waals surface area contributed by atoms with Gasteiger partial charge in [0, 0.05) is 22.7 Å². The minimum Gasteiger partial charge on any atom is -0.476 e. The summed E-state index contributed by atoms with van der Waals surface area (Å²) in [6.45, 7) is 0. The van der Waals surface area contributed by atoms with Crippen LogP contribution in [0.15, 0.2) is 71.3 Å². The minimum absolute atomic E-state index is 0.163. The molecule has 1 saturated carbocycles. The van der Waals surface area contributed by atoms with Crippen LogP contribution in [0.1, 0.15) is 29.2 Å². The number of terminal acetylenes is 1. The summed E-state index contributed by atoms with van der Waals surface area (Å²) in [5, 5.41) is 12.7. The summed E-state index contributed by atoms with van der Waals surface area (Å²) in [6.07, 6.45) is 8.05. The average Bonchev–Trinajstić information content (AvgIpc) is 3.13. The van der Waals surface area contributed by atoms with Crippen LogP contribution in [0.3, 0.4) is 0 Å². The molecule has 0 radical (unpaired) electrons. The minimum atomic E-state index is -1.48. The van der Waals surface area contributed by atoms with Gasteiger partial charge in [-0.2, -0.15) is 0 Å². The number of fused-ring (bicyclic) bond motifs is 3. The van der Waals surface area contributed by atoms with Crippen LogP contribution in [-0.4, -0.2) is 10.1 Å². The number of pyridine rings is 1. The van der Waals surface area contributed by atoms with Gasteiger partial charge in [-0.1, -0.05) is 75.9 Å². The summed E-state index contributed by atoms with van der Waals surface area (Å²) < 4.78 is 7.56. The van der Waals surface area contributed by atoms with Crippen LogP contribution in [0.4, 0.5) is 0 Å². The highest BCUT2D eigenvalue weighted by atomic mass is 79.9. The molecule has 0 saturated heterocycles. The van der Waals surface area contributed by atoms with E-state index >= 15 is 0 Å². The number of halogens is 2. The van der Waals surface area contributed by atoms with Crippen molar-refractivity contribution in [1.82, 2.24) is 4.98 Å². The molecule has 3 nitrogen and oxygen atoms in total. The van der Waals surface area contributed by atoms with Crippen molar-refractivity contribution in [3.05, 3.63) is 93.2 Å². The van der Waals surface area contributed by atoms with Crippen molar-refractivity contribution in [2.24, 2.45) is 5.92 Å². The van der Waals surface area contributed by atoms with Crippen molar-refractivity contribution in [3.8, 4) is 18.1 Å². The van der Waals surface area contributed by atoms with E-state index in [9.17, 15) is 5.11 Å². The van der Waals surface area contributed by atoms with Crippen molar-refractivity contribution in [3.63, 3.8) is 0 Å². The van der Waals surface area contributed by atoms with Crippen LogP contribution in [0.25, 0.3) is 0 Å². The molecule has 4 atom stereocenters. The van der Waals surface area contributed by atoms with Crippen LogP contribution in [0.5, 0.6) is 5.75 Å². The molecule has 1 N–H and O–H groups in total. The molecule has 0 spiro atoms. The fraction of sp³-hybridized carbons (Fsp3) is 0.208. The van der Waals surface area contributed by atoms with E-state index in [0.29, 0.717) is 22.9 Å². The quantitative estimate of drug-likeness (QED) is 0.514. The second-order valence-electron chi connectivity index (χ2n) is 7.53. The van der Waals surface area contributed by atoms with Crippen molar-refractivity contribution < 1.29 is 9.84 Å². The maximum atomic E-state index is 12.3. The lowest BCUT2D eigenvalue weighted by atomic mass is 9.71. The van der Waals surface area contributed by atoms with Gasteiger partial charge in [-0.25, -0.2) is 0 Å². The van der Waals surface area contributed by atoms with Gasteiger partial charge in [0.1, 0.15) is 11.4 Å². The Morgan fingerprint density at radius 1 is 1.17 bits per heavy atom. The molecule has 2 aromatic carbocycles. The largest absolute Gasteiger partial charge is 0.476 e. The van der Waals surface area contributed by atoms with E-state index in [2.05, 4.69) is 39.0 Å². The summed E-state index contributed by atoms with van der Waals surface area (Å²) in [4.78, 5) is 4.48. The fourth-order valence-corrected chi connectivity index (χ4v) is 5.38. The zero-order valence-corrected chi connectivity index (χ0v) is 17.7. The highest BCUT2D eigenvalue weighted by molar-refractivity contribution is 9.10. The van der Waals surface area contributed by atoms with E-state index < -0.39 is 17.1 Å². The molecule has 1 aromatic heterocycles. The van der Waals surface area contributed by atoms with E-state index in [1.165, 1.54) is 6.20 Å². The Balaban J connectivity index is 1.83. The molecule has 1 unspecified atom stereocenters. The lowest BCUT2D eigenvalue weighted by Gasteiger charge is -2.40. The number of benzene rings is 2. The molecule has 1 fully saturated rings. The zero-order valence-electron chi connectivity index (χ0n) is 15.3. The Hall–Kier alpha value is -2.32. The first kappa shape index (κ1) is 18.7. The van der Waals surface area contributed by atoms with Gasteiger partial charge >= 0.3 is 0 Å². The van der Waals surface area contributed by atoms with Crippen LogP contribution in [-0.2, 0) is 11.2 Å². The maximum Gasteiger partial charge on any atom is 0.176 e. The summed E-state index contributed by atoms with van der Waals surface area (Å²) in [6, 6.07) is 19.6. The number of nitrogens with zero attached hydrogens (tertiary/aromatic N) is 1. The van der Waals surface area contributed by atoms with Gasteiger partial charge in [-0.05, 0) is 29.7 Å². The summed E-state index contributed by atoms with van der Waals surface area (Å²) in [5.41, 5.74) is -0.220. The molecule has 1 aliphatic heterocycles. The zero-order chi connectivity index (χ0) is 20.2. The monoisotopic (exact) mass is 465 g/mol. The fourth-order valence-electron chi connectivity index (χ4n) is 4.97. The number of hydrogen-bond acceptors (Lipinski definition) is 3. The average molecular weight is 467 g/mol. The first-order chi connectivity index (χ1) is 14.0.